The molecule has 0 aromatic rings. The van der Waals surface area contributed by atoms with Gasteiger partial charge in [0.25, 0.3) is 0 Å². The highest BCUT2D eigenvalue weighted by atomic mass is 14.9. The maximum absolute atomic E-state index is 4.08. The molecule has 1 atom stereocenters. The lowest BCUT2D eigenvalue weighted by atomic mass is 9.71. The first-order valence-electron chi connectivity index (χ1n) is 6.82. The van der Waals surface area contributed by atoms with E-state index in [1.165, 1.54) is 37.7 Å². The molecule has 0 saturated heterocycles. The predicted molar refractivity (Wildman–Crippen MR) is 72.6 cm³/mol. The lowest BCUT2D eigenvalue weighted by Crippen LogP contribution is -2.43. The van der Waals surface area contributed by atoms with Crippen molar-refractivity contribution >= 4 is 0 Å². The molecule has 0 amide bonds. The summed E-state index contributed by atoms with van der Waals surface area (Å²) in [7, 11) is 2.12. The monoisotopic (exact) mass is 223 g/mol. The van der Waals surface area contributed by atoms with Crippen molar-refractivity contribution < 1.29 is 0 Å². The van der Waals surface area contributed by atoms with Gasteiger partial charge in [-0.05, 0) is 51.0 Å². The molecule has 0 bridgehead atoms. The summed E-state index contributed by atoms with van der Waals surface area (Å²) in [4.78, 5) is 0. The van der Waals surface area contributed by atoms with Crippen LogP contribution in [0.3, 0.4) is 0 Å². The SMILES string of the molecule is C=C(C)CC(NC)C1(CC(C)C)CCCC1. The third kappa shape index (κ3) is 3.35. The molecule has 0 heterocycles. The maximum atomic E-state index is 4.08. The summed E-state index contributed by atoms with van der Waals surface area (Å²) < 4.78 is 0. The van der Waals surface area contributed by atoms with Gasteiger partial charge in [-0.2, -0.15) is 0 Å². The van der Waals surface area contributed by atoms with E-state index in [0.29, 0.717) is 11.5 Å². The van der Waals surface area contributed by atoms with Crippen LogP contribution >= 0.6 is 0 Å². The molecule has 94 valence electrons. The van der Waals surface area contributed by atoms with Gasteiger partial charge in [0, 0.05) is 6.04 Å². The molecule has 1 N–H and O–H groups in total. The average Bonchev–Trinajstić information content (AvgIpc) is 2.62. The Balaban J connectivity index is 2.76. The van der Waals surface area contributed by atoms with Crippen LogP contribution in [0.15, 0.2) is 12.2 Å². The quantitative estimate of drug-likeness (QED) is 0.667. The second kappa shape index (κ2) is 5.86. The molecule has 1 rings (SSSR count). The van der Waals surface area contributed by atoms with E-state index >= 15 is 0 Å². The van der Waals surface area contributed by atoms with Gasteiger partial charge in [-0.3, -0.25) is 0 Å². The summed E-state index contributed by atoms with van der Waals surface area (Å²) in [6.07, 6.45) is 8.16. The molecule has 1 nitrogen and oxygen atoms in total. The molecule has 16 heavy (non-hydrogen) atoms. The van der Waals surface area contributed by atoms with Crippen LogP contribution < -0.4 is 5.32 Å². The lowest BCUT2D eigenvalue weighted by Gasteiger charge is -2.39. The second-order valence-corrected chi connectivity index (χ2v) is 6.17. The van der Waals surface area contributed by atoms with Crippen LogP contribution in [0.25, 0.3) is 0 Å². The standard InChI is InChI=1S/C15H29N/c1-12(2)10-14(16-5)15(11-13(3)4)8-6-7-9-15/h13-14,16H,1,6-11H2,2-5H3. The van der Waals surface area contributed by atoms with Gasteiger partial charge in [0.15, 0.2) is 0 Å². The third-order valence-corrected chi connectivity index (χ3v) is 4.05. The first kappa shape index (κ1) is 13.8. The first-order chi connectivity index (χ1) is 7.50. The molecule has 1 aliphatic carbocycles. The van der Waals surface area contributed by atoms with E-state index in [1.807, 2.05) is 0 Å². The minimum absolute atomic E-state index is 0.544. The smallest absolute Gasteiger partial charge is 0.0157 e. The summed E-state index contributed by atoms with van der Waals surface area (Å²) in [6, 6.07) is 0.634. The van der Waals surface area contributed by atoms with E-state index < -0.39 is 0 Å². The van der Waals surface area contributed by atoms with Gasteiger partial charge in [0.05, 0.1) is 0 Å². The first-order valence-corrected chi connectivity index (χ1v) is 6.82. The Hall–Kier alpha value is -0.300. The van der Waals surface area contributed by atoms with E-state index in [-0.39, 0.29) is 0 Å². The molecule has 1 heteroatoms. The highest BCUT2D eigenvalue weighted by Gasteiger charge is 2.40. The van der Waals surface area contributed by atoms with Gasteiger partial charge in [0.2, 0.25) is 0 Å². The molecular weight excluding hydrogens is 194 g/mol. The molecule has 0 aromatic heterocycles. The Kier molecular flexibility index (Phi) is 5.04. The summed E-state index contributed by atoms with van der Waals surface area (Å²) in [5.74, 6) is 0.805. The lowest BCUT2D eigenvalue weighted by molar-refractivity contribution is 0.160. The van der Waals surface area contributed by atoms with Crippen LogP contribution in [0.5, 0.6) is 0 Å². The zero-order valence-corrected chi connectivity index (χ0v) is 11.6. The van der Waals surface area contributed by atoms with E-state index in [4.69, 9.17) is 0 Å². The molecule has 1 unspecified atom stereocenters. The number of rotatable bonds is 6. The van der Waals surface area contributed by atoms with Crippen LogP contribution in [0, 0.1) is 11.3 Å². The minimum atomic E-state index is 0.544. The van der Waals surface area contributed by atoms with Crippen molar-refractivity contribution in [1.29, 1.82) is 0 Å². The van der Waals surface area contributed by atoms with Crippen molar-refractivity contribution in [3.63, 3.8) is 0 Å². The highest BCUT2D eigenvalue weighted by molar-refractivity contribution is 5.02. The molecule has 0 aliphatic heterocycles. The van der Waals surface area contributed by atoms with Crippen LogP contribution in [-0.2, 0) is 0 Å². The van der Waals surface area contributed by atoms with Gasteiger partial charge in [0.1, 0.15) is 0 Å². The molecule has 1 saturated carbocycles. The zero-order valence-electron chi connectivity index (χ0n) is 11.6. The van der Waals surface area contributed by atoms with E-state index in [2.05, 4.69) is 39.7 Å². The summed E-state index contributed by atoms with van der Waals surface area (Å²) in [5.41, 5.74) is 1.86. The van der Waals surface area contributed by atoms with Gasteiger partial charge in [-0.1, -0.05) is 32.3 Å². The fourth-order valence-electron chi connectivity index (χ4n) is 3.56. The Morgan fingerprint density at radius 2 is 1.88 bits per heavy atom. The minimum Gasteiger partial charge on any atom is -0.316 e. The predicted octanol–water partition coefficient (Wildman–Crippen LogP) is 4.15. The normalized spacial score (nSPS) is 21.3. The Morgan fingerprint density at radius 3 is 2.25 bits per heavy atom. The molecule has 1 fully saturated rings. The van der Waals surface area contributed by atoms with Crippen molar-refractivity contribution in [2.45, 2.75) is 65.3 Å². The van der Waals surface area contributed by atoms with Gasteiger partial charge in [-0.25, -0.2) is 0 Å². The molecule has 0 spiro atoms. The summed E-state index contributed by atoms with van der Waals surface area (Å²) in [5, 5.41) is 3.56. The Labute approximate surface area is 102 Å². The zero-order chi connectivity index (χ0) is 12.2. The molecular formula is C15H29N. The average molecular weight is 223 g/mol. The number of hydrogen-bond donors (Lipinski definition) is 1. The van der Waals surface area contributed by atoms with Gasteiger partial charge in [-0.15, -0.1) is 6.58 Å². The highest BCUT2D eigenvalue weighted by Crippen LogP contribution is 2.47. The van der Waals surface area contributed by atoms with Crippen molar-refractivity contribution in [2.75, 3.05) is 7.05 Å². The van der Waals surface area contributed by atoms with Crippen molar-refractivity contribution in [3.8, 4) is 0 Å². The Bertz CT molecular complexity index is 224. The largest absolute Gasteiger partial charge is 0.316 e. The van der Waals surface area contributed by atoms with Crippen LogP contribution in [0.2, 0.25) is 0 Å². The van der Waals surface area contributed by atoms with Crippen molar-refractivity contribution in [1.82, 2.24) is 5.32 Å². The van der Waals surface area contributed by atoms with Crippen molar-refractivity contribution in [2.24, 2.45) is 11.3 Å². The van der Waals surface area contributed by atoms with E-state index in [0.717, 1.165) is 12.3 Å². The topological polar surface area (TPSA) is 12.0 Å². The van der Waals surface area contributed by atoms with Crippen LogP contribution in [0.4, 0.5) is 0 Å². The van der Waals surface area contributed by atoms with Crippen LogP contribution in [-0.4, -0.2) is 13.1 Å². The fourth-order valence-corrected chi connectivity index (χ4v) is 3.56. The van der Waals surface area contributed by atoms with Gasteiger partial charge < -0.3 is 5.32 Å². The third-order valence-electron chi connectivity index (χ3n) is 4.05. The Morgan fingerprint density at radius 1 is 1.31 bits per heavy atom. The molecule has 1 aliphatic rings. The van der Waals surface area contributed by atoms with E-state index in [9.17, 15) is 0 Å². The molecule has 0 aromatic carbocycles. The molecule has 0 radical (unpaired) electrons. The van der Waals surface area contributed by atoms with Gasteiger partial charge >= 0.3 is 0 Å². The van der Waals surface area contributed by atoms with E-state index in [1.54, 1.807) is 0 Å². The number of nitrogens with one attached hydrogen (secondary N) is 1. The van der Waals surface area contributed by atoms with Crippen LogP contribution in [0.1, 0.15) is 59.3 Å². The maximum Gasteiger partial charge on any atom is 0.0157 e. The fraction of sp³-hybridized carbons (Fsp3) is 0.867. The summed E-state index contributed by atoms with van der Waals surface area (Å²) >= 11 is 0. The second-order valence-electron chi connectivity index (χ2n) is 6.17. The summed E-state index contributed by atoms with van der Waals surface area (Å²) in [6.45, 7) is 10.9. The van der Waals surface area contributed by atoms with Crippen molar-refractivity contribution in [3.05, 3.63) is 12.2 Å². The number of hydrogen-bond acceptors (Lipinski definition) is 1.